The molecular weight excluding hydrogens is 202 g/mol. The minimum Gasteiger partial charge on any atom is -0.465 e. The molecule has 1 N–H and O–H groups in total. The molecule has 1 aliphatic heterocycles. The second-order valence-corrected chi connectivity index (χ2v) is 4.12. The van der Waals surface area contributed by atoms with Crippen LogP contribution in [0.2, 0.25) is 0 Å². The summed E-state index contributed by atoms with van der Waals surface area (Å²) in [5.41, 5.74) is 0.756. The van der Waals surface area contributed by atoms with Gasteiger partial charge in [0.15, 0.2) is 0 Å². The standard InChI is InChI=1S/C9H9NO3S/c1-13-9(12)7-4-5-6(14-7)2-3-8(11)10-5/h4H,2-3H2,1H3,(H,10,11). The highest BCUT2D eigenvalue weighted by atomic mass is 32.1. The SMILES string of the molecule is COC(=O)c1cc2c(s1)CCC(=O)N2. The third-order valence-electron chi connectivity index (χ3n) is 2.05. The largest absolute Gasteiger partial charge is 0.465 e. The van der Waals surface area contributed by atoms with Gasteiger partial charge in [0.2, 0.25) is 5.91 Å². The van der Waals surface area contributed by atoms with Crippen LogP contribution in [0.5, 0.6) is 0 Å². The van der Waals surface area contributed by atoms with Crippen molar-refractivity contribution in [3.8, 4) is 0 Å². The van der Waals surface area contributed by atoms with Crippen LogP contribution in [0.1, 0.15) is 21.0 Å². The van der Waals surface area contributed by atoms with Gasteiger partial charge in [0, 0.05) is 11.3 Å². The van der Waals surface area contributed by atoms with E-state index in [0.717, 1.165) is 10.6 Å². The fourth-order valence-corrected chi connectivity index (χ4v) is 2.39. The first-order valence-corrected chi connectivity index (χ1v) is 5.03. The average molecular weight is 211 g/mol. The van der Waals surface area contributed by atoms with Gasteiger partial charge in [0.05, 0.1) is 12.8 Å². The molecule has 0 atom stereocenters. The van der Waals surface area contributed by atoms with Crippen LogP contribution in [-0.4, -0.2) is 19.0 Å². The third-order valence-corrected chi connectivity index (χ3v) is 3.22. The van der Waals surface area contributed by atoms with Gasteiger partial charge in [-0.15, -0.1) is 11.3 Å². The van der Waals surface area contributed by atoms with Gasteiger partial charge in [-0.3, -0.25) is 4.79 Å². The van der Waals surface area contributed by atoms with Gasteiger partial charge < -0.3 is 10.1 Å². The number of nitrogens with one attached hydrogen (secondary N) is 1. The summed E-state index contributed by atoms with van der Waals surface area (Å²) in [4.78, 5) is 23.8. The van der Waals surface area contributed by atoms with Crippen LogP contribution in [0.15, 0.2) is 6.07 Å². The van der Waals surface area contributed by atoms with Gasteiger partial charge >= 0.3 is 5.97 Å². The smallest absolute Gasteiger partial charge is 0.348 e. The zero-order chi connectivity index (χ0) is 10.1. The molecule has 4 nitrogen and oxygen atoms in total. The van der Waals surface area contributed by atoms with Crippen molar-refractivity contribution in [2.75, 3.05) is 12.4 Å². The number of amides is 1. The number of hydrogen-bond donors (Lipinski definition) is 1. The number of fused-ring (bicyclic) bond motifs is 1. The van der Waals surface area contributed by atoms with Gasteiger partial charge in [0.25, 0.3) is 0 Å². The summed E-state index contributed by atoms with van der Waals surface area (Å²) in [7, 11) is 1.35. The fraction of sp³-hybridized carbons (Fsp3) is 0.333. The number of thiophene rings is 1. The number of ether oxygens (including phenoxy) is 1. The first-order chi connectivity index (χ1) is 6.70. The molecule has 14 heavy (non-hydrogen) atoms. The van der Waals surface area contributed by atoms with Crippen molar-refractivity contribution < 1.29 is 14.3 Å². The number of anilines is 1. The Morgan fingerprint density at radius 3 is 3.07 bits per heavy atom. The van der Waals surface area contributed by atoms with E-state index in [1.54, 1.807) is 6.07 Å². The minimum absolute atomic E-state index is 0.00622. The van der Waals surface area contributed by atoms with E-state index in [-0.39, 0.29) is 11.9 Å². The molecule has 0 bridgehead atoms. The molecule has 0 saturated carbocycles. The number of esters is 1. The molecule has 1 amide bonds. The van der Waals surface area contributed by atoms with Crippen molar-refractivity contribution in [1.29, 1.82) is 0 Å². The monoisotopic (exact) mass is 211 g/mol. The summed E-state index contributed by atoms with van der Waals surface area (Å²) < 4.78 is 4.60. The van der Waals surface area contributed by atoms with E-state index in [0.29, 0.717) is 17.7 Å². The van der Waals surface area contributed by atoms with Crippen molar-refractivity contribution in [1.82, 2.24) is 0 Å². The van der Waals surface area contributed by atoms with E-state index >= 15 is 0 Å². The molecular formula is C9H9NO3S. The van der Waals surface area contributed by atoms with Crippen LogP contribution in [0.25, 0.3) is 0 Å². The quantitative estimate of drug-likeness (QED) is 0.715. The Bertz CT molecular complexity index is 397. The molecule has 74 valence electrons. The number of rotatable bonds is 1. The lowest BCUT2D eigenvalue weighted by Gasteiger charge is -2.10. The lowest BCUT2D eigenvalue weighted by Crippen LogP contribution is -2.16. The van der Waals surface area contributed by atoms with Crippen LogP contribution in [0.3, 0.4) is 0 Å². The Morgan fingerprint density at radius 2 is 2.36 bits per heavy atom. The molecule has 1 aliphatic rings. The molecule has 0 aliphatic carbocycles. The third kappa shape index (κ3) is 1.50. The van der Waals surface area contributed by atoms with Crippen LogP contribution in [0.4, 0.5) is 5.69 Å². The molecule has 0 aromatic carbocycles. The summed E-state index contributed by atoms with van der Waals surface area (Å²) in [5.74, 6) is -0.342. The van der Waals surface area contributed by atoms with E-state index in [4.69, 9.17) is 0 Å². The molecule has 0 unspecified atom stereocenters. The fourth-order valence-electron chi connectivity index (χ4n) is 1.36. The molecule has 1 aromatic rings. The van der Waals surface area contributed by atoms with Gasteiger partial charge in [-0.25, -0.2) is 4.79 Å². The summed E-state index contributed by atoms with van der Waals surface area (Å²) in [6.45, 7) is 0. The molecule has 2 heterocycles. The highest BCUT2D eigenvalue weighted by Crippen LogP contribution is 2.31. The lowest BCUT2D eigenvalue weighted by molar-refractivity contribution is -0.116. The van der Waals surface area contributed by atoms with Crippen molar-refractivity contribution in [3.63, 3.8) is 0 Å². The summed E-state index contributed by atoms with van der Waals surface area (Å²) in [6, 6.07) is 1.67. The van der Waals surface area contributed by atoms with E-state index in [9.17, 15) is 9.59 Å². The summed E-state index contributed by atoms with van der Waals surface area (Å²) in [6.07, 6.45) is 1.21. The highest BCUT2D eigenvalue weighted by Gasteiger charge is 2.20. The molecule has 2 rings (SSSR count). The van der Waals surface area contributed by atoms with Gasteiger partial charge in [-0.2, -0.15) is 0 Å². The number of carbonyl (C=O) groups excluding carboxylic acids is 2. The predicted molar refractivity (Wildman–Crippen MR) is 52.6 cm³/mol. The van der Waals surface area contributed by atoms with Crippen LogP contribution in [-0.2, 0) is 16.0 Å². The van der Waals surface area contributed by atoms with Crippen molar-refractivity contribution in [2.24, 2.45) is 0 Å². The summed E-state index contributed by atoms with van der Waals surface area (Å²) in [5, 5.41) is 2.72. The lowest BCUT2D eigenvalue weighted by atomic mass is 10.1. The summed E-state index contributed by atoms with van der Waals surface area (Å²) >= 11 is 1.38. The first-order valence-electron chi connectivity index (χ1n) is 4.21. The maximum absolute atomic E-state index is 11.2. The zero-order valence-corrected chi connectivity index (χ0v) is 8.44. The van der Waals surface area contributed by atoms with Crippen molar-refractivity contribution in [2.45, 2.75) is 12.8 Å². The minimum atomic E-state index is -0.348. The molecule has 1 aromatic heterocycles. The van der Waals surface area contributed by atoms with E-state index in [2.05, 4.69) is 10.1 Å². The first kappa shape index (κ1) is 9.21. The Morgan fingerprint density at radius 1 is 1.57 bits per heavy atom. The second kappa shape index (κ2) is 3.42. The van der Waals surface area contributed by atoms with Crippen molar-refractivity contribution >= 4 is 28.9 Å². The Balaban J connectivity index is 2.32. The van der Waals surface area contributed by atoms with E-state index in [1.165, 1.54) is 18.4 Å². The zero-order valence-electron chi connectivity index (χ0n) is 7.62. The van der Waals surface area contributed by atoms with Crippen LogP contribution in [0, 0.1) is 0 Å². The second-order valence-electron chi connectivity index (χ2n) is 2.99. The number of aryl methyl sites for hydroxylation is 1. The Labute approximate surface area is 84.9 Å². The van der Waals surface area contributed by atoms with E-state index in [1.807, 2.05) is 0 Å². The number of carbonyl (C=O) groups is 2. The number of hydrogen-bond acceptors (Lipinski definition) is 4. The van der Waals surface area contributed by atoms with Gasteiger partial charge in [-0.05, 0) is 12.5 Å². The molecule has 0 fully saturated rings. The normalized spacial score (nSPS) is 14.5. The highest BCUT2D eigenvalue weighted by molar-refractivity contribution is 7.14. The Kier molecular flexibility index (Phi) is 2.25. The maximum atomic E-state index is 11.2. The molecule has 0 spiro atoms. The van der Waals surface area contributed by atoms with Gasteiger partial charge in [0.1, 0.15) is 4.88 Å². The van der Waals surface area contributed by atoms with Crippen LogP contribution < -0.4 is 5.32 Å². The molecule has 0 saturated heterocycles. The number of methoxy groups -OCH3 is 1. The molecule has 5 heteroatoms. The van der Waals surface area contributed by atoms with Gasteiger partial charge in [-0.1, -0.05) is 0 Å². The predicted octanol–water partition coefficient (Wildman–Crippen LogP) is 1.42. The van der Waals surface area contributed by atoms with Crippen molar-refractivity contribution in [3.05, 3.63) is 15.8 Å². The van der Waals surface area contributed by atoms with E-state index < -0.39 is 0 Å². The topological polar surface area (TPSA) is 55.4 Å². The maximum Gasteiger partial charge on any atom is 0.348 e. The Hall–Kier alpha value is -1.36. The molecule has 0 radical (unpaired) electrons. The van der Waals surface area contributed by atoms with Crippen LogP contribution >= 0.6 is 11.3 Å². The average Bonchev–Trinajstić information content (AvgIpc) is 2.59.